The van der Waals surface area contributed by atoms with E-state index >= 15 is 0 Å². The second-order valence-electron chi connectivity index (χ2n) is 6.31. The van der Waals surface area contributed by atoms with E-state index in [0.29, 0.717) is 0 Å². The summed E-state index contributed by atoms with van der Waals surface area (Å²) >= 11 is 1.78. The zero-order chi connectivity index (χ0) is 17.1. The molecular formula is C22H20N2S. The second kappa shape index (κ2) is 7.18. The van der Waals surface area contributed by atoms with E-state index < -0.39 is 0 Å². The van der Waals surface area contributed by atoms with Gasteiger partial charge in [-0.05, 0) is 35.9 Å². The Labute approximate surface area is 152 Å². The van der Waals surface area contributed by atoms with Gasteiger partial charge in [0.1, 0.15) is 5.01 Å². The van der Waals surface area contributed by atoms with Crippen molar-refractivity contribution in [2.45, 2.75) is 13.1 Å². The molecule has 25 heavy (non-hydrogen) atoms. The third-order valence-corrected chi connectivity index (χ3v) is 5.28. The minimum atomic E-state index is 0.875. The summed E-state index contributed by atoms with van der Waals surface area (Å²) in [5.74, 6) is 0. The van der Waals surface area contributed by atoms with E-state index in [-0.39, 0.29) is 0 Å². The maximum absolute atomic E-state index is 4.72. The molecule has 0 aliphatic heterocycles. The molecule has 4 rings (SSSR count). The monoisotopic (exact) mass is 344 g/mol. The van der Waals surface area contributed by atoms with Gasteiger partial charge in [0.2, 0.25) is 0 Å². The summed E-state index contributed by atoms with van der Waals surface area (Å²) in [6, 6.07) is 27.7. The van der Waals surface area contributed by atoms with Gasteiger partial charge >= 0.3 is 0 Å². The molecule has 0 fully saturated rings. The fraction of sp³-hybridized carbons (Fsp3) is 0.136. The first kappa shape index (κ1) is 16.0. The summed E-state index contributed by atoms with van der Waals surface area (Å²) in [6.07, 6.45) is 0. The van der Waals surface area contributed by atoms with E-state index in [1.807, 2.05) is 6.07 Å². The van der Waals surface area contributed by atoms with Crippen molar-refractivity contribution in [1.29, 1.82) is 0 Å². The van der Waals surface area contributed by atoms with Gasteiger partial charge in [-0.25, -0.2) is 4.98 Å². The van der Waals surface area contributed by atoms with E-state index in [1.165, 1.54) is 26.4 Å². The molecule has 0 aliphatic rings. The van der Waals surface area contributed by atoms with E-state index in [1.54, 1.807) is 11.3 Å². The molecule has 0 N–H and O–H groups in total. The maximum atomic E-state index is 4.72. The fourth-order valence-electron chi connectivity index (χ4n) is 3.02. The molecule has 3 aromatic carbocycles. The summed E-state index contributed by atoms with van der Waals surface area (Å²) in [5.41, 5.74) is 4.95. The average Bonchev–Trinajstić information content (AvgIpc) is 3.05. The number of hydrogen-bond donors (Lipinski definition) is 0. The van der Waals surface area contributed by atoms with E-state index in [0.717, 1.165) is 18.6 Å². The first-order valence-corrected chi connectivity index (χ1v) is 9.27. The quantitative estimate of drug-likeness (QED) is 0.469. The SMILES string of the molecule is CN(Cc1ccc(-c2ccccc2)cc1)Cc1nc2ccccc2s1. The number of aromatic nitrogens is 1. The molecule has 0 saturated carbocycles. The summed E-state index contributed by atoms with van der Waals surface area (Å²) in [4.78, 5) is 7.04. The predicted molar refractivity (Wildman–Crippen MR) is 107 cm³/mol. The lowest BCUT2D eigenvalue weighted by atomic mass is 10.0. The van der Waals surface area contributed by atoms with Gasteiger partial charge in [0.05, 0.1) is 16.8 Å². The van der Waals surface area contributed by atoms with Crippen LogP contribution in [0.5, 0.6) is 0 Å². The average molecular weight is 344 g/mol. The lowest BCUT2D eigenvalue weighted by Crippen LogP contribution is -2.16. The Balaban J connectivity index is 1.42. The second-order valence-corrected chi connectivity index (χ2v) is 7.43. The minimum Gasteiger partial charge on any atom is -0.295 e. The number of benzene rings is 3. The van der Waals surface area contributed by atoms with Gasteiger partial charge in [0, 0.05) is 6.54 Å². The molecule has 0 radical (unpaired) electrons. The van der Waals surface area contributed by atoms with Crippen LogP contribution in [0, 0.1) is 0 Å². The van der Waals surface area contributed by atoms with Crippen molar-refractivity contribution in [3.63, 3.8) is 0 Å². The van der Waals surface area contributed by atoms with Crippen molar-refractivity contribution in [3.05, 3.63) is 89.4 Å². The Kier molecular flexibility index (Phi) is 4.59. The van der Waals surface area contributed by atoms with Gasteiger partial charge in [-0.3, -0.25) is 4.90 Å². The van der Waals surface area contributed by atoms with Gasteiger partial charge in [0.15, 0.2) is 0 Å². The summed E-state index contributed by atoms with van der Waals surface area (Å²) in [6.45, 7) is 1.80. The van der Waals surface area contributed by atoms with E-state index in [2.05, 4.69) is 84.7 Å². The van der Waals surface area contributed by atoms with Crippen molar-refractivity contribution in [3.8, 4) is 11.1 Å². The van der Waals surface area contributed by atoms with Gasteiger partial charge in [-0.2, -0.15) is 0 Å². The maximum Gasteiger partial charge on any atom is 0.108 e. The number of para-hydroxylation sites is 1. The highest BCUT2D eigenvalue weighted by atomic mass is 32.1. The highest BCUT2D eigenvalue weighted by Gasteiger charge is 2.07. The molecule has 0 aliphatic carbocycles. The van der Waals surface area contributed by atoms with Crippen LogP contribution in [0.25, 0.3) is 21.3 Å². The molecule has 1 aromatic heterocycles. The molecule has 3 heteroatoms. The van der Waals surface area contributed by atoms with Crippen LogP contribution in [0.3, 0.4) is 0 Å². The summed E-state index contributed by atoms with van der Waals surface area (Å²) in [7, 11) is 2.15. The molecular weight excluding hydrogens is 324 g/mol. The molecule has 2 nitrogen and oxygen atoms in total. The molecule has 0 unspecified atom stereocenters. The fourth-order valence-corrected chi connectivity index (χ4v) is 4.07. The highest BCUT2D eigenvalue weighted by Crippen LogP contribution is 2.23. The number of fused-ring (bicyclic) bond motifs is 1. The van der Waals surface area contributed by atoms with Crippen molar-refractivity contribution in [2.75, 3.05) is 7.05 Å². The minimum absolute atomic E-state index is 0.875. The Hall–Kier alpha value is -2.49. The molecule has 4 aromatic rings. The van der Waals surface area contributed by atoms with Crippen molar-refractivity contribution >= 4 is 21.6 Å². The van der Waals surface area contributed by atoms with Crippen LogP contribution in [0.15, 0.2) is 78.9 Å². The normalized spacial score (nSPS) is 11.3. The lowest BCUT2D eigenvalue weighted by Gasteiger charge is -2.15. The zero-order valence-corrected chi connectivity index (χ0v) is 15.0. The Morgan fingerprint density at radius 1 is 0.760 bits per heavy atom. The number of rotatable bonds is 5. The van der Waals surface area contributed by atoms with Crippen LogP contribution in [0.1, 0.15) is 10.6 Å². The van der Waals surface area contributed by atoms with Crippen molar-refractivity contribution < 1.29 is 0 Å². The van der Waals surface area contributed by atoms with Crippen LogP contribution in [0.4, 0.5) is 0 Å². The highest BCUT2D eigenvalue weighted by molar-refractivity contribution is 7.18. The van der Waals surface area contributed by atoms with Gasteiger partial charge in [-0.1, -0.05) is 66.7 Å². The summed E-state index contributed by atoms with van der Waals surface area (Å²) in [5, 5.41) is 1.17. The van der Waals surface area contributed by atoms with Crippen LogP contribution in [0.2, 0.25) is 0 Å². The Bertz CT molecular complexity index is 925. The molecule has 0 amide bonds. The third-order valence-electron chi connectivity index (χ3n) is 4.26. The number of hydrogen-bond acceptors (Lipinski definition) is 3. The standard InChI is InChI=1S/C22H20N2S/c1-24(16-22-23-20-9-5-6-10-21(20)25-22)15-17-11-13-19(14-12-17)18-7-3-2-4-8-18/h2-14H,15-16H2,1H3. The van der Waals surface area contributed by atoms with E-state index in [9.17, 15) is 0 Å². The number of thiazole rings is 1. The molecule has 0 saturated heterocycles. The van der Waals surface area contributed by atoms with Crippen LogP contribution in [-0.4, -0.2) is 16.9 Å². The van der Waals surface area contributed by atoms with Crippen molar-refractivity contribution in [1.82, 2.24) is 9.88 Å². The van der Waals surface area contributed by atoms with Crippen LogP contribution >= 0.6 is 11.3 Å². The topological polar surface area (TPSA) is 16.1 Å². The third kappa shape index (κ3) is 3.78. The zero-order valence-electron chi connectivity index (χ0n) is 14.2. The van der Waals surface area contributed by atoms with Gasteiger partial charge in [-0.15, -0.1) is 11.3 Å². The van der Waals surface area contributed by atoms with Crippen LogP contribution in [-0.2, 0) is 13.1 Å². The Morgan fingerprint density at radius 3 is 2.20 bits per heavy atom. The first-order chi connectivity index (χ1) is 12.3. The lowest BCUT2D eigenvalue weighted by molar-refractivity contribution is 0.319. The predicted octanol–water partition coefficient (Wildman–Crippen LogP) is 5.60. The van der Waals surface area contributed by atoms with Gasteiger partial charge < -0.3 is 0 Å². The smallest absolute Gasteiger partial charge is 0.108 e. The molecule has 0 bridgehead atoms. The largest absolute Gasteiger partial charge is 0.295 e. The molecule has 1 heterocycles. The summed E-state index contributed by atoms with van der Waals surface area (Å²) < 4.78 is 1.26. The number of nitrogens with zero attached hydrogens (tertiary/aromatic N) is 2. The molecule has 124 valence electrons. The van der Waals surface area contributed by atoms with Gasteiger partial charge in [0.25, 0.3) is 0 Å². The first-order valence-electron chi connectivity index (χ1n) is 8.45. The Morgan fingerprint density at radius 2 is 1.44 bits per heavy atom. The van der Waals surface area contributed by atoms with Crippen LogP contribution < -0.4 is 0 Å². The van der Waals surface area contributed by atoms with E-state index in [4.69, 9.17) is 4.98 Å². The molecule has 0 spiro atoms. The van der Waals surface area contributed by atoms with Crippen molar-refractivity contribution in [2.24, 2.45) is 0 Å². The molecule has 0 atom stereocenters.